The molecule has 1 saturated heterocycles. The second-order valence-corrected chi connectivity index (χ2v) is 4.88. The first-order valence-corrected chi connectivity index (χ1v) is 6.58. The second kappa shape index (κ2) is 7.61. The Morgan fingerprint density at radius 2 is 2.25 bits per heavy atom. The molecular weight excluding hydrogens is 198 g/mol. The van der Waals surface area contributed by atoms with Gasteiger partial charge in [-0.3, -0.25) is 9.69 Å². The predicted molar refractivity (Wildman–Crippen MR) is 68.6 cm³/mol. The fourth-order valence-electron chi connectivity index (χ4n) is 2.53. The Kier molecular flexibility index (Phi) is 6.39. The Morgan fingerprint density at radius 1 is 1.44 bits per heavy atom. The molecule has 2 nitrogen and oxygen atoms in total. The van der Waals surface area contributed by atoms with Crippen LogP contribution in [0.4, 0.5) is 0 Å². The smallest absolute Gasteiger partial charge is 0.131 e. The molecule has 0 radical (unpaired) electrons. The molecule has 1 aliphatic rings. The van der Waals surface area contributed by atoms with Crippen LogP contribution in [-0.2, 0) is 4.79 Å². The molecule has 0 aromatic rings. The van der Waals surface area contributed by atoms with Crippen LogP contribution in [0.3, 0.4) is 0 Å². The molecule has 0 saturated carbocycles. The maximum atomic E-state index is 11.3. The lowest BCUT2D eigenvalue weighted by atomic mass is 10.0. The summed E-state index contributed by atoms with van der Waals surface area (Å²) in [6, 6.07) is 0.504. The van der Waals surface area contributed by atoms with Crippen molar-refractivity contribution in [3.8, 4) is 0 Å². The van der Waals surface area contributed by atoms with Crippen molar-refractivity contribution < 1.29 is 4.79 Å². The van der Waals surface area contributed by atoms with Gasteiger partial charge in [-0.05, 0) is 45.7 Å². The zero-order chi connectivity index (χ0) is 11.8. The summed E-state index contributed by atoms with van der Waals surface area (Å²) in [4.78, 5) is 13.8. The number of carbonyl (C=O) groups excluding carboxylic acids is 1. The molecule has 0 amide bonds. The van der Waals surface area contributed by atoms with Crippen LogP contribution in [0.1, 0.15) is 51.9 Å². The van der Waals surface area contributed by atoms with Crippen LogP contribution in [0.15, 0.2) is 12.7 Å². The topological polar surface area (TPSA) is 20.3 Å². The normalized spacial score (nSPS) is 22.7. The third-order valence-electron chi connectivity index (χ3n) is 3.38. The maximum absolute atomic E-state index is 11.3. The summed E-state index contributed by atoms with van der Waals surface area (Å²) in [6.45, 7) is 7.78. The number of unbranched alkanes of at least 4 members (excludes halogenated alkanes) is 1. The van der Waals surface area contributed by atoms with Gasteiger partial charge in [0.05, 0.1) is 0 Å². The van der Waals surface area contributed by atoms with Gasteiger partial charge >= 0.3 is 0 Å². The molecule has 1 aliphatic heterocycles. The van der Waals surface area contributed by atoms with Gasteiger partial charge in [0.2, 0.25) is 0 Å². The molecule has 0 bridgehead atoms. The average Bonchev–Trinajstić information content (AvgIpc) is 2.44. The Bertz CT molecular complexity index is 225. The van der Waals surface area contributed by atoms with Crippen molar-refractivity contribution in [3.05, 3.63) is 12.7 Å². The zero-order valence-electron chi connectivity index (χ0n) is 10.6. The van der Waals surface area contributed by atoms with Crippen molar-refractivity contribution in [2.75, 3.05) is 13.1 Å². The fourth-order valence-corrected chi connectivity index (χ4v) is 2.53. The number of carbonyl (C=O) groups is 1. The third-order valence-corrected chi connectivity index (χ3v) is 3.38. The van der Waals surface area contributed by atoms with Crippen molar-refractivity contribution in [3.63, 3.8) is 0 Å². The molecular formula is C14H25NO. The monoisotopic (exact) mass is 223 g/mol. The van der Waals surface area contributed by atoms with E-state index in [-0.39, 0.29) is 0 Å². The van der Waals surface area contributed by atoms with Gasteiger partial charge in [-0.25, -0.2) is 0 Å². The molecule has 1 heterocycles. The summed E-state index contributed by atoms with van der Waals surface area (Å²) in [6.07, 6.45) is 10.1. The standard InChI is InChI=1S/C14H25NO/c1-3-4-7-10-15-11-8-5-6-9-14(15)12-13(2)16/h3,14H,1,4-12H2,2H3. The quantitative estimate of drug-likeness (QED) is 0.509. The highest BCUT2D eigenvalue weighted by molar-refractivity contribution is 5.76. The molecule has 16 heavy (non-hydrogen) atoms. The lowest BCUT2D eigenvalue weighted by molar-refractivity contribution is -0.118. The summed E-state index contributed by atoms with van der Waals surface area (Å²) in [5, 5.41) is 0. The molecule has 0 aromatic carbocycles. The van der Waals surface area contributed by atoms with E-state index in [0.29, 0.717) is 11.8 Å². The number of hydrogen-bond donors (Lipinski definition) is 0. The summed E-state index contributed by atoms with van der Waals surface area (Å²) in [5.74, 6) is 0.334. The van der Waals surface area contributed by atoms with E-state index in [1.807, 2.05) is 6.08 Å². The van der Waals surface area contributed by atoms with Crippen LogP contribution in [-0.4, -0.2) is 29.8 Å². The van der Waals surface area contributed by atoms with E-state index in [1.165, 1.54) is 38.6 Å². The minimum absolute atomic E-state index is 0.334. The van der Waals surface area contributed by atoms with Crippen molar-refractivity contribution in [2.45, 2.75) is 57.9 Å². The van der Waals surface area contributed by atoms with Crippen LogP contribution in [0, 0.1) is 0 Å². The van der Waals surface area contributed by atoms with E-state index >= 15 is 0 Å². The van der Waals surface area contributed by atoms with E-state index in [9.17, 15) is 4.79 Å². The minimum atomic E-state index is 0.334. The summed E-state index contributed by atoms with van der Waals surface area (Å²) >= 11 is 0. The first kappa shape index (κ1) is 13.4. The fraction of sp³-hybridized carbons (Fsp3) is 0.786. The zero-order valence-corrected chi connectivity index (χ0v) is 10.6. The van der Waals surface area contributed by atoms with E-state index in [1.54, 1.807) is 6.92 Å². The van der Waals surface area contributed by atoms with Gasteiger partial charge in [0, 0.05) is 12.5 Å². The number of rotatable bonds is 6. The minimum Gasteiger partial charge on any atom is -0.300 e. The van der Waals surface area contributed by atoms with Gasteiger partial charge < -0.3 is 0 Å². The summed E-state index contributed by atoms with van der Waals surface area (Å²) in [5.41, 5.74) is 0. The van der Waals surface area contributed by atoms with Crippen molar-refractivity contribution in [1.82, 2.24) is 4.90 Å². The molecule has 0 aliphatic carbocycles. The molecule has 1 unspecified atom stereocenters. The van der Waals surface area contributed by atoms with Gasteiger partial charge in [-0.2, -0.15) is 0 Å². The Balaban J connectivity index is 2.44. The number of ketones is 1. The van der Waals surface area contributed by atoms with Gasteiger partial charge in [-0.1, -0.05) is 18.9 Å². The predicted octanol–water partition coefficient (Wildman–Crippen LogP) is 3.18. The number of allylic oxidation sites excluding steroid dienone is 1. The van der Waals surface area contributed by atoms with Gasteiger partial charge in [0.25, 0.3) is 0 Å². The molecule has 1 fully saturated rings. The Hall–Kier alpha value is -0.630. The average molecular weight is 223 g/mol. The number of hydrogen-bond acceptors (Lipinski definition) is 2. The molecule has 1 atom stereocenters. The van der Waals surface area contributed by atoms with Crippen LogP contribution < -0.4 is 0 Å². The third kappa shape index (κ3) is 4.93. The molecule has 0 spiro atoms. The van der Waals surface area contributed by atoms with E-state index in [0.717, 1.165) is 19.4 Å². The van der Waals surface area contributed by atoms with Gasteiger partial charge in [0.1, 0.15) is 5.78 Å². The lowest BCUT2D eigenvalue weighted by Gasteiger charge is -2.29. The van der Waals surface area contributed by atoms with Crippen LogP contribution >= 0.6 is 0 Å². The Morgan fingerprint density at radius 3 is 2.94 bits per heavy atom. The van der Waals surface area contributed by atoms with Gasteiger partial charge in [0.15, 0.2) is 0 Å². The number of nitrogens with zero attached hydrogens (tertiary/aromatic N) is 1. The van der Waals surface area contributed by atoms with Gasteiger partial charge in [-0.15, -0.1) is 6.58 Å². The van der Waals surface area contributed by atoms with E-state index in [2.05, 4.69) is 11.5 Å². The second-order valence-electron chi connectivity index (χ2n) is 4.88. The molecule has 1 rings (SSSR count). The van der Waals surface area contributed by atoms with Crippen molar-refractivity contribution >= 4 is 5.78 Å². The largest absolute Gasteiger partial charge is 0.300 e. The summed E-state index contributed by atoms with van der Waals surface area (Å²) < 4.78 is 0. The molecule has 92 valence electrons. The van der Waals surface area contributed by atoms with Crippen molar-refractivity contribution in [1.29, 1.82) is 0 Å². The van der Waals surface area contributed by atoms with Crippen LogP contribution in [0.2, 0.25) is 0 Å². The first-order valence-electron chi connectivity index (χ1n) is 6.58. The lowest BCUT2D eigenvalue weighted by Crippen LogP contribution is -2.36. The van der Waals surface area contributed by atoms with Crippen LogP contribution in [0.5, 0.6) is 0 Å². The molecule has 0 aromatic heterocycles. The maximum Gasteiger partial charge on any atom is 0.131 e. The van der Waals surface area contributed by atoms with E-state index in [4.69, 9.17) is 0 Å². The SMILES string of the molecule is C=CCCCN1CCCCCC1CC(C)=O. The highest BCUT2D eigenvalue weighted by Crippen LogP contribution is 2.20. The molecule has 0 N–H and O–H groups in total. The summed E-state index contributed by atoms with van der Waals surface area (Å²) in [7, 11) is 0. The van der Waals surface area contributed by atoms with Crippen LogP contribution in [0.25, 0.3) is 0 Å². The first-order chi connectivity index (χ1) is 7.74. The Labute approximate surface area is 99.7 Å². The highest BCUT2D eigenvalue weighted by atomic mass is 16.1. The number of likely N-dealkylation sites (tertiary alicyclic amines) is 1. The van der Waals surface area contributed by atoms with E-state index < -0.39 is 0 Å². The molecule has 2 heteroatoms. The highest BCUT2D eigenvalue weighted by Gasteiger charge is 2.21. The van der Waals surface area contributed by atoms with Crippen molar-refractivity contribution in [2.24, 2.45) is 0 Å². The number of Topliss-reactive ketones (excluding diaryl/α,β-unsaturated/α-hetero) is 1.